The van der Waals surface area contributed by atoms with Crippen LogP contribution in [-0.4, -0.2) is 28.7 Å². The Morgan fingerprint density at radius 2 is 2.05 bits per heavy atom. The van der Waals surface area contributed by atoms with E-state index in [0.717, 1.165) is 25.8 Å². The number of amides is 2. The van der Waals surface area contributed by atoms with E-state index in [2.05, 4.69) is 39.9 Å². The van der Waals surface area contributed by atoms with Crippen molar-refractivity contribution in [1.82, 2.24) is 20.2 Å². The number of nitrogens with zero attached hydrogens (tertiary/aromatic N) is 2. The molecule has 1 aromatic carbocycles. The summed E-state index contributed by atoms with van der Waals surface area (Å²) in [7, 11) is 0. The molecule has 1 aliphatic carbocycles. The van der Waals surface area contributed by atoms with Gasteiger partial charge in [0, 0.05) is 37.4 Å². The van der Waals surface area contributed by atoms with Gasteiger partial charge in [-0.05, 0) is 24.8 Å². The number of carbonyl (C=O) groups excluding carboxylic acids is 1. The summed E-state index contributed by atoms with van der Waals surface area (Å²) in [4.78, 5) is 15.9. The fourth-order valence-corrected chi connectivity index (χ4v) is 2.70. The highest BCUT2D eigenvalue weighted by Crippen LogP contribution is 2.47. The molecule has 1 aliphatic rings. The molecule has 0 bridgehead atoms. The zero-order chi connectivity index (χ0) is 15.3. The van der Waals surface area contributed by atoms with Gasteiger partial charge in [0.1, 0.15) is 0 Å². The van der Waals surface area contributed by atoms with Crippen molar-refractivity contribution in [2.75, 3.05) is 13.1 Å². The van der Waals surface area contributed by atoms with Crippen LogP contribution in [0.25, 0.3) is 0 Å². The van der Waals surface area contributed by atoms with Gasteiger partial charge >= 0.3 is 6.03 Å². The first-order chi connectivity index (χ1) is 10.8. The molecule has 0 saturated heterocycles. The summed E-state index contributed by atoms with van der Waals surface area (Å²) in [6, 6.07) is 10.4. The fraction of sp³-hybridized carbons (Fsp3) is 0.412. The molecule has 2 aromatic rings. The predicted octanol–water partition coefficient (Wildman–Crippen LogP) is 2.30. The molecule has 3 rings (SSSR count). The molecule has 116 valence electrons. The molecule has 5 heteroatoms. The number of carbonyl (C=O) groups is 1. The predicted molar refractivity (Wildman–Crippen MR) is 85.6 cm³/mol. The van der Waals surface area contributed by atoms with Crippen molar-refractivity contribution in [3.63, 3.8) is 0 Å². The second-order valence-corrected chi connectivity index (χ2v) is 5.91. The fourth-order valence-electron chi connectivity index (χ4n) is 2.70. The lowest BCUT2D eigenvalue weighted by Gasteiger charge is -2.17. The Morgan fingerprint density at radius 1 is 1.23 bits per heavy atom. The van der Waals surface area contributed by atoms with E-state index in [-0.39, 0.29) is 11.4 Å². The molecule has 0 unspecified atom stereocenters. The molecule has 1 fully saturated rings. The summed E-state index contributed by atoms with van der Waals surface area (Å²) in [5.74, 6) is 0. The number of hydrogen-bond donors (Lipinski definition) is 2. The smallest absolute Gasteiger partial charge is 0.314 e. The lowest BCUT2D eigenvalue weighted by atomic mass is 9.96. The molecule has 0 atom stereocenters. The Hall–Kier alpha value is -2.30. The summed E-state index contributed by atoms with van der Waals surface area (Å²) in [6.07, 6.45) is 8.68. The van der Waals surface area contributed by atoms with Gasteiger partial charge in [-0.2, -0.15) is 0 Å². The third-order valence-electron chi connectivity index (χ3n) is 4.26. The molecule has 0 spiro atoms. The maximum Gasteiger partial charge on any atom is 0.314 e. The van der Waals surface area contributed by atoms with Crippen LogP contribution >= 0.6 is 0 Å². The Balaban J connectivity index is 1.36. The number of benzene rings is 1. The average molecular weight is 298 g/mol. The number of aromatic nitrogens is 2. The largest absolute Gasteiger partial charge is 0.338 e. The summed E-state index contributed by atoms with van der Waals surface area (Å²) >= 11 is 0. The van der Waals surface area contributed by atoms with E-state index in [1.54, 1.807) is 12.5 Å². The first-order valence-electron chi connectivity index (χ1n) is 7.81. The zero-order valence-corrected chi connectivity index (χ0v) is 12.7. The van der Waals surface area contributed by atoms with Gasteiger partial charge in [0.05, 0.1) is 6.33 Å². The van der Waals surface area contributed by atoms with Crippen molar-refractivity contribution in [3.05, 3.63) is 54.6 Å². The van der Waals surface area contributed by atoms with Crippen LogP contribution in [0.1, 0.15) is 24.8 Å². The zero-order valence-electron chi connectivity index (χ0n) is 12.7. The number of aryl methyl sites for hydroxylation is 1. The lowest BCUT2D eigenvalue weighted by molar-refractivity contribution is 0.239. The van der Waals surface area contributed by atoms with Gasteiger partial charge in [-0.3, -0.25) is 0 Å². The van der Waals surface area contributed by atoms with Crippen LogP contribution in [0.2, 0.25) is 0 Å². The molecule has 2 N–H and O–H groups in total. The van der Waals surface area contributed by atoms with Gasteiger partial charge in [0.15, 0.2) is 0 Å². The summed E-state index contributed by atoms with van der Waals surface area (Å²) in [5, 5.41) is 5.92. The third kappa shape index (κ3) is 3.67. The minimum absolute atomic E-state index is 0.0761. The van der Waals surface area contributed by atoms with Crippen LogP contribution in [0.5, 0.6) is 0 Å². The van der Waals surface area contributed by atoms with Gasteiger partial charge in [0.2, 0.25) is 0 Å². The van der Waals surface area contributed by atoms with Crippen LogP contribution in [0.3, 0.4) is 0 Å². The first kappa shape index (κ1) is 14.6. The van der Waals surface area contributed by atoms with E-state index in [1.165, 1.54) is 5.56 Å². The minimum atomic E-state index is -0.0761. The van der Waals surface area contributed by atoms with Crippen molar-refractivity contribution in [2.24, 2.45) is 0 Å². The van der Waals surface area contributed by atoms with Gasteiger partial charge < -0.3 is 15.2 Å². The quantitative estimate of drug-likeness (QED) is 0.771. The number of hydrogen-bond acceptors (Lipinski definition) is 2. The van der Waals surface area contributed by atoms with Gasteiger partial charge in [0.25, 0.3) is 0 Å². The maximum absolute atomic E-state index is 11.9. The second-order valence-electron chi connectivity index (χ2n) is 5.91. The van der Waals surface area contributed by atoms with Crippen molar-refractivity contribution < 1.29 is 4.79 Å². The SMILES string of the molecule is O=C(NCCCn1ccnc1)NCC1(c2ccccc2)CC1. The van der Waals surface area contributed by atoms with Crippen LogP contribution < -0.4 is 10.6 Å². The Kier molecular flexibility index (Phi) is 4.42. The highest BCUT2D eigenvalue weighted by Gasteiger charge is 2.44. The summed E-state index contributed by atoms with van der Waals surface area (Å²) in [5.41, 5.74) is 1.49. The molecular formula is C17H22N4O. The number of imidazole rings is 1. The Morgan fingerprint density at radius 3 is 2.73 bits per heavy atom. The Bertz CT molecular complexity index is 590. The normalized spacial score (nSPS) is 15.3. The van der Waals surface area contributed by atoms with Gasteiger partial charge in [-0.15, -0.1) is 0 Å². The maximum atomic E-state index is 11.9. The third-order valence-corrected chi connectivity index (χ3v) is 4.26. The highest BCUT2D eigenvalue weighted by atomic mass is 16.2. The molecule has 1 heterocycles. The van der Waals surface area contributed by atoms with Gasteiger partial charge in [-0.1, -0.05) is 30.3 Å². The van der Waals surface area contributed by atoms with E-state index >= 15 is 0 Å². The van der Waals surface area contributed by atoms with Crippen molar-refractivity contribution in [2.45, 2.75) is 31.2 Å². The average Bonchev–Trinajstić information content (AvgIpc) is 3.18. The molecule has 1 aromatic heterocycles. The molecule has 2 amide bonds. The van der Waals surface area contributed by atoms with E-state index < -0.39 is 0 Å². The topological polar surface area (TPSA) is 59.0 Å². The minimum Gasteiger partial charge on any atom is -0.338 e. The van der Waals surface area contributed by atoms with E-state index in [0.29, 0.717) is 13.1 Å². The lowest BCUT2D eigenvalue weighted by Crippen LogP contribution is -2.40. The van der Waals surface area contributed by atoms with Crippen LogP contribution in [0.15, 0.2) is 49.1 Å². The van der Waals surface area contributed by atoms with Crippen molar-refractivity contribution in [1.29, 1.82) is 0 Å². The molecule has 0 radical (unpaired) electrons. The summed E-state index contributed by atoms with van der Waals surface area (Å²) < 4.78 is 2.01. The van der Waals surface area contributed by atoms with Crippen LogP contribution in [-0.2, 0) is 12.0 Å². The molecular weight excluding hydrogens is 276 g/mol. The van der Waals surface area contributed by atoms with E-state index in [9.17, 15) is 4.79 Å². The molecule has 1 saturated carbocycles. The number of urea groups is 1. The van der Waals surface area contributed by atoms with E-state index in [1.807, 2.05) is 16.8 Å². The van der Waals surface area contributed by atoms with Crippen molar-refractivity contribution in [3.8, 4) is 0 Å². The molecule has 5 nitrogen and oxygen atoms in total. The van der Waals surface area contributed by atoms with Crippen LogP contribution in [0.4, 0.5) is 4.79 Å². The second kappa shape index (κ2) is 6.64. The number of nitrogens with one attached hydrogen (secondary N) is 2. The standard InChI is InChI=1S/C17H22N4O/c22-16(19-9-4-11-21-12-10-18-14-21)20-13-17(7-8-17)15-5-2-1-3-6-15/h1-3,5-6,10,12,14H,4,7-9,11,13H2,(H2,19,20,22). The van der Waals surface area contributed by atoms with E-state index in [4.69, 9.17) is 0 Å². The van der Waals surface area contributed by atoms with Crippen LogP contribution in [0, 0.1) is 0 Å². The summed E-state index contributed by atoms with van der Waals surface area (Å²) in [6.45, 7) is 2.25. The molecule has 0 aliphatic heterocycles. The highest BCUT2D eigenvalue weighted by molar-refractivity contribution is 5.74. The molecule has 22 heavy (non-hydrogen) atoms. The first-order valence-corrected chi connectivity index (χ1v) is 7.81. The monoisotopic (exact) mass is 298 g/mol. The Labute approximate surface area is 130 Å². The number of rotatable bonds is 7. The van der Waals surface area contributed by atoms with Gasteiger partial charge in [-0.25, -0.2) is 9.78 Å². The van der Waals surface area contributed by atoms with Crippen molar-refractivity contribution >= 4 is 6.03 Å².